The van der Waals surface area contributed by atoms with E-state index in [4.69, 9.17) is 14.6 Å². The van der Waals surface area contributed by atoms with Crippen LogP contribution in [-0.4, -0.2) is 44.3 Å². The molecule has 7 heteroatoms. The van der Waals surface area contributed by atoms with E-state index in [1.807, 2.05) is 0 Å². The van der Waals surface area contributed by atoms with E-state index in [1.165, 1.54) is 25.1 Å². The normalized spacial score (nSPS) is 26.9. The van der Waals surface area contributed by atoms with E-state index in [1.54, 1.807) is 6.07 Å². The van der Waals surface area contributed by atoms with E-state index in [0.717, 1.165) is 0 Å². The number of hydrogen-bond acceptors (Lipinski definition) is 5. The molecule has 1 fully saturated rings. The van der Waals surface area contributed by atoms with Gasteiger partial charge in [0.15, 0.2) is 9.84 Å². The van der Waals surface area contributed by atoms with Crippen LogP contribution in [0.2, 0.25) is 0 Å². The van der Waals surface area contributed by atoms with Gasteiger partial charge in [0.1, 0.15) is 17.7 Å². The molecule has 1 saturated heterocycles. The topological polar surface area (TPSA) is 72.8 Å². The minimum atomic E-state index is -3.46. The quantitative estimate of drug-likeness (QED) is 0.872. The average Bonchev–Trinajstić information content (AvgIpc) is 2.83. The molecule has 1 aliphatic rings. The lowest BCUT2D eigenvalue weighted by molar-refractivity contribution is -0.164. The van der Waals surface area contributed by atoms with Crippen molar-refractivity contribution in [2.45, 2.75) is 18.8 Å². The predicted octanol–water partition coefficient (Wildman–Crippen LogP) is 0.821. The van der Waals surface area contributed by atoms with Gasteiger partial charge in [-0.15, -0.1) is 0 Å². The first-order chi connectivity index (χ1) is 9.42. The summed E-state index contributed by atoms with van der Waals surface area (Å²) in [5, 5.41) is 9.12. The third kappa shape index (κ3) is 3.01. The van der Waals surface area contributed by atoms with Gasteiger partial charge in [-0.3, -0.25) is 0 Å². The fraction of sp³-hybridized carbons (Fsp3) is 0.538. The minimum Gasteiger partial charge on any atom is -0.394 e. The maximum absolute atomic E-state index is 14.0. The van der Waals surface area contributed by atoms with Gasteiger partial charge in [0, 0.05) is 11.3 Å². The van der Waals surface area contributed by atoms with E-state index >= 15 is 0 Å². The summed E-state index contributed by atoms with van der Waals surface area (Å²) in [5.41, 5.74) is 0.0352. The van der Waals surface area contributed by atoms with Gasteiger partial charge < -0.3 is 14.6 Å². The van der Waals surface area contributed by atoms with Crippen LogP contribution in [0.4, 0.5) is 4.39 Å². The lowest BCUT2D eigenvalue weighted by Crippen LogP contribution is -2.38. The van der Waals surface area contributed by atoms with Crippen LogP contribution in [0.15, 0.2) is 24.3 Å². The smallest absolute Gasteiger partial charge is 0.212 e. The first kappa shape index (κ1) is 15.4. The molecule has 1 heterocycles. The molecule has 0 saturated carbocycles. The molecule has 0 aromatic heterocycles. The molecule has 0 spiro atoms. The number of sulfone groups is 1. The fourth-order valence-corrected chi connectivity index (χ4v) is 3.20. The zero-order valence-electron chi connectivity index (χ0n) is 11.1. The van der Waals surface area contributed by atoms with Crippen LogP contribution in [-0.2, 0) is 25.1 Å². The van der Waals surface area contributed by atoms with Crippen LogP contribution >= 0.6 is 0 Å². The van der Waals surface area contributed by atoms with Crippen LogP contribution in [0.25, 0.3) is 0 Å². The Labute approximate surface area is 117 Å². The molecule has 0 aliphatic carbocycles. The summed E-state index contributed by atoms with van der Waals surface area (Å²) >= 11 is 0. The van der Waals surface area contributed by atoms with Gasteiger partial charge >= 0.3 is 0 Å². The van der Waals surface area contributed by atoms with Crippen molar-refractivity contribution in [3.8, 4) is 0 Å². The van der Waals surface area contributed by atoms with Crippen LogP contribution in [0.3, 0.4) is 0 Å². The molecule has 5 nitrogen and oxygen atoms in total. The Morgan fingerprint density at radius 1 is 1.45 bits per heavy atom. The monoisotopic (exact) mass is 304 g/mol. The van der Waals surface area contributed by atoms with Gasteiger partial charge in [-0.05, 0) is 6.07 Å². The van der Waals surface area contributed by atoms with Crippen molar-refractivity contribution in [3.63, 3.8) is 0 Å². The third-order valence-electron chi connectivity index (χ3n) is 3.20. The zero-order chi connectivity index (χ0) is 14.8. The highest BCUT2D eigenvalue weighted by Crippen LogP contribution is 2.37. The molecule has 2 rings (SSSR count). The molecular formula is C13H17FO5S. The lowest BCUT2D eigenvalue weighted by atomic mass is 10.1. The molecule has 0 radical (unpaired) electrons. The Hall–Kier alpha value is -1.02. The Morgan fingerprint density at radius 3 is 2.70 bits per heavy atom. The largest absolute Gasteiger partial charge is 0.394 e. The highest BCUT2D eigenvalue weighted by atomic mass is 32.2. The number of aliphatic hydroxyl groups excluding tert-OH is 1. The molecule has 1 aromatic rings. The molecule has 1 aliphatic heterocycles. The second kappa shape index (κ2) is 5.77. The second-order valence-corrected chi connectivity index (χ2v) is 7.00. The molecule has 0 bridgehead atoms. The number of aliphatic hydroxyl groups is 1. The molecular weight excluding hydrogens is 287 g/mol. The summed E-state index contributed by atoms with van der Waals surface area (Å²) in [6.45, 7) is 1.20. The van der Waals surface area contributed by atoms with E-state index in [0.29, 0.717) is 0 Å². The van der Waals surface area contributed by atoms with Gasteiger partial charge in [-0.25, -0.2) is 12.8 Å². The highest BCUT2D eigenvalue weighted by molar-refractivity contribution is 7.91. The second-order valence-electron chi connectivity index (χ2n) is 4.64. The van der Waals surface area contributed by atoms with E-state index < -0.39 is 33.3 Å². The van der Waals surface area contributed by atoms with Crippen LogP contribution in [0.5, 0.6) is 0 Å². The number of hydrogen-bond donors (Lipinski definition) is 1. The summed E-state index contributed by atoms with van der Waals surface area (Å²) in [6, 6.07) is 5.73. The van der Waals surface area contributed by atoms with Crippen LogP contribution < -0.4 is 0 Å². The fourth-order valence-electron chi connectivity index (χ4n) is 2.11. The van der Waals surface area contributed by atoms with Gasteiger partial charge in [0.05, 0.1) is 13.2 Å². The van der Waals surface area contributed by atoms with Crippen molar-refractivity contribution in [1.29, 1.82) is 0 Å². The van der Waals surface area contributed by atoms with Gasteiger partial charge in [0.2, 0.25) is 5.79 Å². The molecule has 112 valence electrons. The van der Waals surface area contributed by atoms with Crippen molar-refractivity contribution in [2.75, 3.05) is 24.7 Å². The molecule has 0 amide bonds. The predicted molar refractivity (Wildman–Crippen MR) is 70.3 cm³/mol. The highest BCUT2D eigenvalue weighted by Gasteiger charge is 2.47. The summed E-state index contributed by atoms with van der Waals surface area (Å²) in [6.07, 6.45) is -0.665. The number of ether oxygens (including phenoxy) is 2. The maximum Gasteiger partial charge on any atom is 0.212 e. The molecule has 2 atom stereocenters. The number of rotatable bonds is 5. The first-order valence-electron chi connectivity index (χ1n) is 6.30. The maximum atomic E-state index is 14.0. The Kier molecular flexibility index (Phi) is 4.43. The van der Waals surface area contributed by atoms with Crippen LogP contribution in [0.1, 0.15) is 12.5 Å². The van der Waals surface area contributed by atoms with Crippen molar-refractivity contribution in [2.24, 2.45) is 0 Å². The Balaban J connectivity index is 2.43. The molecule has 0 unspecified atom stereocenters. The third-order valence-corrected chi connectivity index (χ3v) is 4.90. The molecule has 20 heavy (non-hydrogen) atoms. The van der Waals surface area contributed by atoms with E-state index in [2.05, 4.69) is 0 Å². The molecule has 1 N–H and O–H groups in total. The number of benzene rings is 1. The van der Waals surface area contributed by atoms with Crippen LogP contribution in [0, 0.1) is 5.82 Å². The lowest BCUT2D eigenvalue weighted by Gasteiger charge is -2.28. The molecule has 1 aromatic carbocycles. The Bertz CT molecular complexity index is 574. The zero-order valence-corrected chi connectivity index (χ0v) is 11.9. The SMILES string of the molecule is CCS(=O)(=O)C[C@@]1(c2ccccc2F)OC[C@@H](CO)O1. The summed E-state index contributed by atoms with van der Waals surface area (Å²) in [7, 11) is -3.46. The van der Waals surface area contributed by atoms with Crippen molar-refractivity contribution in [1.82, 2.24) is 0 Å². The summed E-state index contributed by atoms with van der Waals surface area (Å²) < 4.78 is 48.7. The standard InChI is InChI=1S/C13H17FO5S/c1-2-20(16,17)9-13(18-8-10(7-15)19-13)11-5-3-4-6-12(11)14/h3-6,10,15H,2,7-9H2,1H3/t10-,13-/m1/s1. The van der Waals surface area contributed by atoms with Gasteiger partial charge in [-0.2, -0.15) is 0 Å². The summed E-state index contributed by atoms with van der Waals surface area (Å²) in [4.78, 5) is 0. The van der Waals surface area contributed by atoms with Crippen molar-refractivity contribution in [3.05, 3.63) is 35.6 Å². The average molecular weight is 304 g/mol. The van der Waals surface area contributed by atoms with E-state index in [9.17, 15) is 12.8 Å². The van der Waals surface area contributed by atoms with E-state index in [-0.39, 0.29) is 24.5 Å². The summed E-state index contributed by atoms with van der Waals surface area (Å²) in [5.74, 6) is -2.86. The first-order valence-corrected chi connectivity index (χ1v) is 8.12. The Morgan fingerprint density at radius 2 is 2.15 bits per heavy atom. The van der Waals surface area contributed by atoms with Gasteiger partial charge in [-0.1, -0.05) is 25.1 Å². The van der Waals surface area contributed by atoms with Crippen molar-refractivity contribution >= 4 is 9.84 Å². The number of halogens is 1. The van der Waals surface area contributed by atoms with Gasteiger partial charge in [0.25, 0.3) is 0 Å². The van der Waals surface area contributed by atoms with Crippen molar-refractivity contribution < 1.29 is 27.4 Å². The minimum absolute atomic E-state index is 0.0179.